The highest BCUT2D eigenvalue weighted by molar-refractivity contribution is 5.69. The molecule has 0 saturated heterocycles. The molecule has 0 bridgehead atoms. The standard InChI is InChI=1S/C15H20F3N3O2/c1-21(14-19-8-6-12(20-14)15(16,17)18)9-7-10-2-4-11(5-3-10)13(22)23/h6,8,10-11H,2-5,7,9H2,1H3,(H,22,23)/t10-,11-. The number of carboxylic acid groups (broad SMARTS) is 1. The molecule has 5 nitrogen and oxygen atoms in total. The molecule has 0 aliphatic heterocycles. The highest BCUT2D eigenvalue weighted by Gasteiger charge is 2.33. The molecule has 1 N–H and O–H groups in total. The third kappa shape index (κ3) is 4.80. The SMILES string of the molecule is CN(CC[C@H]1CC[C@H](C(=O)O)CC1)c1nccc(C(F)(F)F)n1. The molecule has 0 aromatic carbocycles. The summed E-state index contributed by atoms with van der Waals surface area (Å²) in [5.74, 6) is -0.536. The Morgan fingerprint density at radius 2 is 2.00 bits per heavy atom. The maximum atomic E-state index is 12.7. The van der Waals surface area contributed by atoms with Crippen LogP contribution in [-0.2, 0) is 11.0 Å². The van der Waals surface area contributed by atoms with Gasteiger partial charge in [0.05, 0.1) is 5.92 Å². The Labute approximate surface area is 132 Å². The normalized spacial score (nSPS) is 21.9. The first kappa shape index (κ1) is 17.5. The molecule has 1 aliphatic rings. The summed E-state index contributed by atoms with van der Waals surface area (Å²) >= 11 is 0. The van der Waals surface area contributed by atoms with Gasteiger partial charge in [0.1, 0.15) is 5.69 Å². The lowest BCUT2D eigenvalue weighted by atomic mass is 9.80. The van der Waals surface area contributed by atoms with Gasteiger partial charge in [-0.05, 0) is 44.1 Å². The average molecular weight is 331 g/mol. The minimum absolute atomic E-state index is 0.0547. The molecule has 2 rings (SSSR count). The highest BCUT2D eigenvalue weighted by Crippen LogP contribution is 2.31. The summed E-state index contributed by atoms with van der Waals surface area (Å²) < 4.78 is 38.0. The van der Waals surface area contributed by atoms with Gasteiger partial charge in [-0.1, -0.05) is 0 Å². The van der Waals surface area contributed by atoms with Crippen molar-refractivity contribution < 1.29 is 23.1 Å². The van der Waals surface area contributed by atoms with E-state index >= 15 is 0 Å². The van der Waals surface area contributed by atoms with Crippen LogP contribution in [0.4, 0.5) is 19.1 Å². The summed E-state index contributed by atoms with van der Waals surface area (Å²) in [7, 11) is 1.67. The van der Waals surface area contributed by atoms with Crippen LogP contribution >= 0.6 is 0 Å². The smallest absolute Gasteiger partial charge is 0.433 e. The molecule has 8 heteroatoms. The van der Waals surface area contributed by atoms with Crippen LogP contribution in [0.1, 0.15) is 37.8 Å². The van der Waals surface area contributed by atoms with Crippen molar-refractivity contribution in [1.82, 2.24) is 9.97 Å². The Balaban J connectivity index is 1.86. The van der Waals surface area contributed by atoms with E-state index in [1.54, 1.807) is 11.9 Å². The van der Waals surface area contributed by atoms with Gasteiger partial charge >= 0.3 is 12.1 Å². The zero-order chi connectivity index (χ0) is 17.0. The summed E-state index contributed by atoms with van der Waals surface area (Å²) in [6.07, 6.45) is 0.450. The van der Waals surface area contributed by atoms with Gasteiger partial charge in [-0.2, -0.15) is 13.2 Å². The number of hydrogen-bond donors (Lipinski definition) is 1. The van der Waals surface area contributed by atoms with E-state index in [0.29, 0.717) is 25.3 Å². The van der Waals surface area contributed by atoms with E-state index in [4.69, 9.17) is 5.11 Å². The number of anilines is 1. The molecule has 0 amide bonds. The summed E-state index contributed by atoms with van der Waals surface area (Å²) in [5.41, 5.74) is -0.948. The van der Waals surface area contributed by atoms with E-state index in [1.807, 2.05) is 0 Å². The molecule has 0 spiro atoms. The second-order valence-corrected chi connectivity index (χ2v) is 6.01. The molecule has 0 atom stereocenters. The van der Waals surface area contributed by atoms with Crippen LogP contribution < -0.4 is 4.90 Å². The largest absolute Gasteiger partial charge is 0.481 e. The topological polar surface area (TPSA) is 66.3 Å². The van der Waals surface area contributed by atoms with Gasteiger partial charge in [-0.3, -0.25) is 4.79 Å². The van der Waals surface area contributed by atoms with Gasteiger partial charge in [0.25, 0.3) is 0 Å². The Hall–Kier alpha value is -1.86. The van der Waals surface area contributed by atoms with Gasteiger partial charge in [-0.25, -0.2) is 9.97 Å². The molecule has 0 unspecified atom stereocenters. The van der Waals surface area contributed by atoms with Crippen molar-refractivity contribution in [2.75, 3.05) is 18.5 Å². The summed E-state index contributed by atoms with van der Waals surface area (Å²) in [4.78, 5) is 20.0. The number of aromatic nitrogens is 2. The van der Waals surface area contributed by atoms with Gasteiger partial charge in [-0.15, -0.1) is 0 Å². The molecule has 1 aliphatic carbocycles. The van der Waals surface area contributed by atoms with E-state index < -0.39 is 17.8 Å². The van der Waals surface area contributed by atoms with Crippen molar-refractivity contribution in [1.29, 1.82) is 0 Å². The van der Waals surface area contributed by atoms with Gasteiger partial charge < -0.3 is 10.0 Å². The molecule has 0 radical (unpaired) electrons. The van der Waals surface area contributed by atoms with Crippen LogP contribution in [0, 0.1) is 11.8 Å². The minimum atomic E-state index is -4.48. The molecule has 1 aromatic heterocycles. The van der Waals surface area contributed by atoms with E-state index in [0.717, 1.165) is 31.5 Å². The number of carboxylic acids is 1. The number of hydrogen-bond acceptors (Lipinski definition) is 4. The van der Waals surface area contributed by atoms with Crippen molar-refractivity contribution in [3.8, 4) is 0 Å². The first-order valence-corrected chi connectivity index (χ1v) is 7.61. The monoisotopic (exact) mass is 331 g/mol. The van der Waals surface area contributed by atoms with Crippen LogP contribution in [0.2, 0.25) is 0 Å². The fourth-order valence-corrected chi connectivity index (χ4v) is 2.86. The van der Waals surface area contributed by atoms with E-state index in [1.165, 1.54) is 0 Å². The number of aliphatic carboxylic acids is 1. The first-order chi connectivity index (χ1) is 10.8. The van der Waals surface area contributed by atoms with Crippen LogP contribution in [0.5, 0.6) is 0 Å². The van der Waals surface area contributed by atoms with Gasteiger partial charge in [0.2, 0.25) is 5.95 Å². The number of halogens is 3. The molecular weight excluding hydrogens is 311 g/mol. The van der Waals surface area contributed by atoms with E-state index in [9.17, 15) is 18.0 Å². The molecule has 128 valence electrons. The van der Waals surface area contributed by atoms with Crippen molar-refractivity contribution in [3.63, 3.8) is 0 Å². The predicted octanol–water partition coefficient (Wildman–Crippen LogP) is 3.21. The fourth-order valence-electron chi connectivity index (χ4n) is 2.86. The lowest BCUT2D eigenvalue weighted by molar-refractivity contribution is -0.143. The molecule has 1 fully saturated rings. The second-order valence-electron chi connectivity index (χ2n) is 6.01. The Bertz CT molecular complexity index is 543. The highest BCUT2D eigenvalue weighted by atomic mass is 19.4. The van der Waals surface area contributed by atoms with E-state index in [-0.39, 0.29) is 11.9 Å². The third-order valence-electron chi connectivity index (χ3n) is 4.34. The fraction of sp³-hybridized carbons (Fsp3) is 0.667. The zero-order valence-electron chi connectivity index (χ0n) is 12.9. The second kappa shape index (κ2) is 7.14. The number of rotatable bonds is 5. The van der Waals surface area contributed by atoms with Gasteiger partial charge in [0.15, 0.2) is 0 Å². The van der Waals surface area contributed by atoms with Crippen LogP contribution in [0.3, 0.4) is 0 Å². The van der Waals surface area contributed by atoms with Gasteiger partial charge in [0, 0.05) is 19.8 Å². The minimum Gasteiger partial charge on any atom is -0.481 e. The number of alkyl halides is 3. The number of carbonyl (C=O) groups is 1. The van der Waals surface area contributed by atoms with Crippen LogP contribution in [0.25, 0.3) is 0 Å². The Morgan fingerprint density at radius 1 is 1.35 bits per heavy atom. The predicted molar refractivity (Wildman–Crippen MR) is 78.0 cm³/mol. The van der Waals surface area contributed by atoms with Crippen molar-refractivity contribution >= 4 is 11.9 Å². The average Bonchev–Trinajstić information content (AvgIpc) is 2.52. The molecule has 23 heavy (non-hydrogen) atoms. The van der Waals surface area contributed by atoms with E-state index in [2.05, 4.69) is 9.97 Å². The zero-order valence-corrected chi connectivity index (χ0v) is 12.9. The quantitative estimate of drug-likeness (QED) is 0.897. The first-order valence-electron chi connectivity index (χ1n) is 7.61. The summed E-state index contributed by atoms with van der Waals surface area (Å²) in [5, 5.41) is 8.97. The molecular formula is C15H20F3N3O2. The Morgan fingerprint density at radius 3 is 2.57 bits per heavy atom. The lowest BCUT2D eigenvalue weighted by Gasteiger charge is -2.27. The maximum Gasteiger partial charge on any atom is 0.433 e. The summed E-state index contributed by atoms with van der Waals surface area (Å²) in [6.45, 7) is 0.545. The van der Waals surface area contributed by atoms with Crippen molar-refractivity contribution in [2.45, 2.75) is 38.3 Å². The lowest BCUT2D eigenvalue weighted by Crippen LogP contribution is -2.27. The van der Waals surface area contributed by atoms with Crippen molar-refractivity contribution in [2.24, 2.45) is 11.8 Å². The molecule has 1 saturated carbocycles. The molecule has 1 heterocycles. The Kier molecular flexibility index (Phi) is 5.43. The summed E-state index contributed by atoms with van der Waals surface area (Å²) in [6, 6.07) is 0.852. The number of nitrogens with zero attached hydrogens (tertiary/aromatic N) is 3. The van der Waals surface area contributed by atoms with Crippen molar-refractivity contribution in [3.05, 3.63) is 18.0 Å². The third-order valence-corrected chi connectivity index (χ3v) is 4.34. The van der Waals surface area contributed by atoms with Crippen LogP contribution in [0.15, 0.2) is 12.3 Å². The van der Waals surface area contributed by atoms with Crippen LogP contribution in [-0.4, -0.2) is 34.6 Å². The maximum absolute atomic E-state index is 12.7. The molecule has 1 aromatic rings.